The smallest absolute Gasteiger partial charge is 0.410 e. The zero-order valence-electron chi connectivity index (χ0n) is 40.0. The molecule has 13 nitrogen and oxygen atoms in total. The van der Waals surface area contributed by atoms with Crippen LogP contribution in [0.25, 0.3) is 28.3 Å². The minimum atomic E-state index is -0.750. The van der Waals surface area contributed by atoms with Gasteiger partial charge in [0.1, 0.15) is 28.8 Å². The number of amides is 2. The average Bonchev–Trinajstić information content (AvgIpc) is 3.25. The summed E-state index contributed by atoms with van der Waals surface area (Å²) in [5, 5.41) is 0. The molecule has 0 radical (unpaired) electrons. The number of hydrogen-bond donors (Lipinski definition) is 0. The molecule has 4 aromatic rings. The third-order valence-electron chi connectivity index (χ3n) is 13.8. The number of methoxy groups -OCH3 is 1. The topological polar surface area (TPSA) is 162 Å². The SMILES string of the molecule is CC(=O)N1CCC2(CC1)CC(=O)C(c1c(C)cc(-c3ncc(F)cn3)cc1C)C(=O)C2.COC1=C(c2c(C)cc(-c3ncc(F)cn3)cc2C)C(=O)CC2(CCN(C(=O)OC(C)(C)C)CC2)C1. The highest BCUT2D eigenvalue weighted by atomic mass is 19.1. The maximum Gasteiger partial charge on any atom is 0.410 e. The molecule has 2 aliphatic heterocycles. The van der Waals surface area contributed by atoms with Gasteiger partial charge in [0.05, 0.1) is 37.5 Å². The van der Waals surface area contributed by atoms with Crippen molar-refractivity contribution in [1.29, 1.82) is 0 Å². The van der Waals surface area contributed by atoms with E-state index in [-0.39, 0.29) is 40.2 Å². The minimum absolute atomic E-state index is 0.0375. The normalized spacial score (nSPS) is 18.5. The summed E-state index contributed by atoms with van der Waals surface area (Å²) < 4.78 is 37.8. The van der Waals surface area contributed by atoms with E-state index >= 15 is 0 Å². The van der Waals surface area contributed by atoms with Gasteiger partial charge in [0.15, 0.2) is 29.1 Å². The lowest BCUT2D eigenvalue weighted by Gasteiger charge is -2.44. The van der Waals surface area contributed by atoms with Gasteiger partial charge in [0.2, 0.25) is 5.91 Å². The van der Waals surface area contributed by atoms with E-state index < -0.39 is 23.2 Å². The van der Waals surface area contributed by atoms with Crippen molar-refractivity contribution in [2.75, 3.05) is 33.3 Å². The predicted molar refractivity (Wildman–Crippen MR) is 247 cm³/mol. The van der Waals surface area contributed by atoms with Gasteiger partial charge in [0.25, 0.3) is 0 Å². The summed E-state index contributed by atoms with van der Waals surface area (Å²) >= 11 is 0. The Morgan fingerprint density at radius 1 is 0.657 bits per heavy atom. The van der Waals surface area contributed by atoms with E-state index in [1.54, 1.807) is 23.8 Å². The van der Waals surface area contributed by atoms with Gasteiger partial charge in [-0.1, -0.05) is 0 Å². The fourth-order valence-corrected chi connectivity index (χ4v) is 10.5. The van der Waals surface area contributed by atoms with Gasteiger partial charge < -0.3 is 19.3 Å². The van der Waals surface area contributed by atoms with Gasteiger partial charge in [-0.3, -0.25) is 19.2 Å². The quantitative estimate of drug-likeness (QED) is 0.176. The van der Waals surface area contributed by atoms with Crippen LogP contribution in [0.2, 0.25) is 0 Å². The molecular weight excluding hydrogens is 859 g/mol. The maximum atomic E-state index is 13.6. The molecule has 8 rings (SSSR count). The van der Waals surface area contributed by atoms with E-state index in [2.05, 4.69) is 19.9 Å². The van der Waals surface area contributed by atoms with Crippen molar-refractivity contribution in [2.45, 2.75) is 118 Å². The summed E-state index contributed by atoms with van der Waals surface area (Å²) in [6.45, 7) is 17.1. The number of ether oxygens (including phenoxy) is 2. The molecule has 15 heteroatoms. The van der Waals surface area contributed by atoms with E-state index in [9.17, 15) is 32.8 Å². The molecule has 3 fully saturated rings. The molecule has 2 spiro atoms. The van der Waals surface area contributed by atoms with E-state index in [1.165, 1.54) is 0 Å². The molecule has 2 amide bonds. The number of piperidine rings is 2. The predicted octanol–water partition coefficient (Wildman–Crippen LogP) is 9.18. The highest BCUT2D eigenvalue weighted by Gasteiger charge is 2.48. The van der Waals surface area contributed by atoms with Gasteiger partial charge in [0, 0.05) is 69.9 Å². The lowest BCUT2D eigenvalue weighted by molar-refractivity contribution is -0.139. The average molecular weight is 919 g/mol. The highest BCUT2D eigenvalue weighted by molar-refractivity contribution is 6.23. The lowest BCUT2D eigenvalue weighted by atomic mass is 9.62. The van der Waals surface area contributed by atoms with Crippen molar-refractivity contribution in [3.05, 3.63) is 99.8 Å². The van der Waals surface area contributed by atoms with E-state index in [0.717, 1.165) is 82.1 Å². The van der Waals surface area contributed by atoms with Crippen molar-refractivity contribution < 1.29 is 42.2 Å². The van der Waals surface area contributed by atoms with Crippen LogP contribution in [0.5, 0.6) is 0 Å². The molecule has 4 aliphatic rings. The van der Waals surface area contributed by atoms with Crippen molar-refractivity contribution >= 4 is 34.9 Å². The van der Waals surface area contributed by atoms with Gasteiger partial charge in [-0.2, -0.15) is 0 Å². The first-order valence-corrected chi connectivity index (χ1v) is 22.9. The Morgan fingerprint density at radius 2 is 1.07 bits per heavy atom. The summed E-state index contributed by atoms with van der Waals surface area (Å²) in [5.41, 5.74) is 6.13. The number of ketones is 3. The van der Waals surface area contributed by atoms with Crippen molar-refractivity contribution in [1.82, 2.24) is 29.7 Å². The number of carbonyl (C=O) groups is 5. The largest absolute Gasteiger partial charge is 0.500 e. The van der Waals surface area contributed by atoms with Crippen molar-refractivity contribution in [3.63, 3.8) is 0 Å². The van der Waals surface area contributed by atoms with Crippen LogP contribution in [0.3, 0.4) is 0 Å². The van der Waals surface area contributed by atoms with Gasteiger partial charge in [-0.05, 0) is 143 Å². The van der Waals surface area contributed by atoms with Gasteiger partial charge in [-0.15, -0.1) is 0 Å². The molecule has 2 aliphatic carbocycles. The number of rotatable bonds is 5. The number of Topliss-reactive ketones (excluding diaryl/α,β-unsaturated/α-hetero) is 3. The van der Waals surface area contributed by atoms with Crippen LogP contribution in [0, 0.1) is 50.2 Å². The van der Waals surface area contributed by atoms with Crippen LogP contribution in [-0.2, 0) is 28.7 Å². The molecule has 0 bridgehead atoms. The first-order chi connectivity index (χ1) is 31.6. The van der Waals surface area contributed by atoms with Crippen molar-refractivity contribution in [2.24, 2.45) is 10.8 Å². The molecule has 0 N–H and O–H groups in total. The van der Waals surface area contributed by atoms with Crippen LogP contribution < -0.4 is 0 Å². The Balaban J connectivity index is 0.000000201. The molecule has 4 heterocycles. The molecule has 0 atom stereocenters. The van der Waals surface area contributed by atoms with Gasteiger partial charge in [-0.25, -0.2) is 33.5 Å². The van der Waals surface area contributed by atoms with Crippen LogP contribution in [0.4, 0.5) is 13.6 Å². The Hall–Kier alpha value is -6.25. The number of benzene rings is 2. The zero-order valence-corrected chi connectivity index (χ0v) is 40.0. The van der Waals surface area contributed by atoms with Crippen LogP contribution in [0.15, 0.2) is 54.8 Å². The number of allylic oxidation sites excluding steroid dienone is 2. The Labute approximate surface area is 390 Å². The summed E-state index contributed by atoms with van der Waals surface area (Å²) in [6, 6.07) is 7.55. The standard InChI is InChI=1S/C28H34FN3O4.C24H26FN3O3/c1-17-11-19(25-30-15-20(29)16-31-25)12-18(2)23(17)24-21(33)13-28(14-22(24)35-6)7-9-32(10-8-28)26(34)36-27(3,4)5;1-14-8-17(23-26-12-18(25)13-27-23)9-15(2)21(14)22-19(30)10-24(11-20(22)31)4-6-28(7-5-24)16(3)29/h11-12,15-16H,7-10,13-14H2,1-6H3;8-9,12-13,22H,4-7,10-11H2,1-3H3. The Morgan fingerprint density at radius 3 is 1.49 bits per heavy atom. The van der Waals surface area contributed by atoms with Crippen LogP contribution >= 0.6 is 0 Å². The summed E-state index contributed by atoms with van der Waals surface area (Å²) in [4.78, 5) is 84.0. The molecule has 1 saturated carbocycles. The minimum Gasteiger partial charge on any atom is -0.500 e. The second-order valence-corrected chi connectivity index (χ2v) is 19.9. The monoisotopic (exact) mass is 918 g/mol. The third kappa shape index (κ3) is 10.7. The number of likely N-dealkylation sites (tertiary alicyclic amines) is 2. The van der Waals surface area contributed by atoms with Crippen LogP contribution in [-0.4, -0.2) is 98.0 Å². The second-order valence-electron chi connectivity index (χ2n) is 19.9. The van der Waals surface area contributed by atoms with Crippen molar-refractivity contribution in [3.8, 4) is 22.8 Å². The van der Waals surface area contributed by atoms with Gasteiger partial charge >= 0.3 is 6.09 Å². The summed E-state index contributed by atoms with van der Waals surface area (Å²) in [5.74, 6) is -0.203. The lowest BCUT2D eigenvalue weighted by Crippen LogP contribution is -2.48. The fraction of sp³-hybridized carbons (Fsp3) is 0.481. The first-order valence-electron chi connectivity index (χ1n) is 22.9. The molecule has 67 heavy (non-hydrogen) atoms. The summed E-state index contributed by atoms with van der Waals surface area (Å²) in [6.07, 6.45) is 8.84. The Kier molecular flexibility index (Phi) is 13.9. The molecule has 354 valence electrons. The maximum absolute atomic E-state index is 13.6. The number of aromatic nitrogens is 4. The number of nitrogens with zero attached hydrogens (tertiary/aromatic N) is 6. The molecule has 2 aromatic carbocycles. The highest BCUT2D eigenvalue weighted by Crippen LogP contribution is 2.49. The van der Waals surface area contributed by atoms with E-state index in [4.69, 9.17) is 9.47 Å². The second kappa shape index (κ2) is 19.2. The molecular formula is C52H60F2N6O7. The number of aryl methyl sites for hydroxylation is 4. The van der Waals surface area contributed by atoms with E-state index in [0.29, 0.717) is 87.7 Å². The number of hydrogen-bond acceptors (Lipinski definition) is 11. The van der Waals surface area contributed by atoms with Crippen LogP contribution in [0.1, 0.15) is 118 Å². The first kappa shape index (κ1) is 48.7. The molecule has 2 saturated heterocycles. The zero-order chi connectivity index (χ0) is 48.6. The molecule has 0 unspecified atom stereocenters. The molecule has 2 aromatic heterocycles. The number of carbonyl (C=O) groups excluding carboxylic acids is 5. The summed E-state index contributed by atoms with van der Waals surface area (Å²) in [7, 11) is 1.61. The third-order valence-corrected chi connectivity index (χ3v) is 13.8. The Bertz CT molecular complexity index is 2560. The van der Waals surface area contributed by atoms with E-state index in [1.807, 2.05) is 72.7 Å². The number of halogens is 2. The fourth-order valence-electron chi connectivity index (χ4n) is 10.5.